The number of carbonyl (C=O) groups excluding carboxylic acids is 1. The van der Waals surface area contributed by atoms with Gasteiger partial charge in [0.1, 0.15) is 11.9 Å². The van der Waals surface area contributed by atoms with Gasteiger partial charge in [0.25, 0.3) is 5.56 Å². The number of hydrogen-bond acceptors (Lipinski definition) is 4. The van der Waals surface area contributed by atoms with E-state index in [2.05, 4.69) is 0 Å². The molecule has 1 heterocycles. The fourth-order valence-electron chi connectivity index (χ4n) is 4.07. The molecular formula is C27H22ClFN2O4. The second kappa shape index (κ2) is 10.1. The number of methoxy groups -OCH3 is 1. The van der Waals surface area contributed by atoms with Crippen LogP contribution in [0.5, 0.6) is 0 Å². The van der Waals surface area contributed by atoms with Crippen molar-refractivity contribution in [3.05, 3.63) is 128 Å². The number of ether oxygens (including phenoxy) is 1. The third kappa shape index (κ3) is 4.55. The van der Waals surface area contributed by atoms with Crippen LogP contribution >= 0.6 is 11.6 Å². The molecule has 1 unspecified atom stereocenters. The zero-order valence-electron chi connectivity index (χ0n) is 19.0. The highest BCUT2D eigenvalue weighted by atomic mass is 35.5. The second-order valence-corrected chi connectivity index (χ2v) is 8.31. The number of hydrogen-bond donors (Lipinski definition) is 0. The number of rotatable bonds is 6. The van der Waals surface area contributed by atoms with Crippen LogP contribution in [0.15, 0.2) is 94.6 Å². The van der Waals surface area contributed by atoms with Crippen LogP contribution < -0.4 is 11.2 Å². The molecule has 4 rings (SSSR count). The Bertz CT molecular complexity index is 1440. The van der Waals surface area contributed by atoms with Crippen molar-refractivity contribution in [3.8, 4) is 11.1 Å². The first-order valence-electron chi connectivity index (χ1n) is 10.8. The standard InChI is InChI=1S/C27H22ClFN2O4/c1-17(26(33)35-2)31-25(32)21(20-14-9-15-22(29)23(20)28)16-30(27(31)34)24(18-10-5-3-6-11-18)19-12-7-4-8-13-19/h3-17,24H,1-2H3. The third-order valence-electron chi connectivity index (χ3n) is 5.82. The Morgan fingerprint density at radius 1 is 0.886 bits per heavy atom. The van der Waals surface area contributed by atoms with E-state index in [-0.39, 0.29) is 16.1 Å². The fourth-order valence-corrected chi connectivity index (χ4v) is 4.30. The molecular weight excluding hydrogens is 471 g/mol. The lowest BCUT2D eigenvalue weighted by atomic mass is 9.98. The molecule has 0 aliphatic carbocycles. The summed E-state index contributed by atoms with van der Waals surface area (Å²) in [5.41, 5.74) is 0.122. The largest absolute Gasteiger partial charge is 0.467 e. The highest BCUT2D eigenvalue weighted by molar-refractivity contribution is 6.33. The van der Waals surface area contributed by atoms with Crippen molar-refractivity contribution < 1.29 is 13.9 Å². The number of esters is 1. The van der Waals surface area contributed by atoms with Crippen LogP contribution in [0.1, 0.15) is 30.1 Å². The summed E-state index contributed by atoms with van der Waals surface area (Å²) in [6, 6.07) is 20.7. The zero-order valence-corrected chi connectivity index (χ0v) is 19.8. The van der Waals surface area contributed by atoms with Crippen molar-refractivity contribution in [2.45, 2.75) is 19.0 Å². The molecule has 6 nitrogen and oxygen atoms in total. The highest BCUT2D eigenvalue weighted by Gasteiger charge is 2.27. The molecule has 1 atom stereocenters. The highest BCUT2D eigenvalue weighted by Crippen LogP contribution is 2.30. The van der Waals surface area contributed by atoms with Crippen molar-refractivity contribution in [3.63, 3.8) is 0 Å². The molecule has 35 heavy (non-hydrogen) atoms. The average Bonchev–Trinajstić information content (AvgIpc) is 2.88. The van der Waals surface area contributed by atoms with Gasteiger partial charge in [-0.1, -0.05) is 84.4 Å². The van der Waals surface area contributed by atoms with Gasteiger partial charge in [-0.2, -0.15) is 0 Å². The number of carbonyl (C=O) groups is 1. The van der Waals surface area contributed by atoms with Crippen molar-refractivity contribution in [1.29, 1.82) is 0 Å². The lowest BCUT2D eigenvalue weighted by Gasteiger charge is -2.24. The minimum Gasteiger partial charge on any atom is -0.467 e. The summed E-state index contributed by atoms with van der Waals surface area (Å²) in [6.07, 6.45) is 1.37. The molecule has 0 saturated heterocycles. The molecule has 4 aromatic rings. The number of halogens is 2. The number of aromatic nitrogens is 2. The van der Waals surface area contributed by atoms with E-state index in [9.17, 15) is 18.8 Å². The minimum absolute atomic E-state index is 0.0262. The molecule has 0 aliphatic rings. The number of nitrogens with zero attached hydrogens (tertiary/aromatic N) is 2. The normalized spacial score (nSPS) is 11.9. The second-order valence-electron chi connectivity index (χ2n) is 7.93. The van der Waals surface area contributed by atoms with E-state index in [1.807, 2.05) is 60.7 Å². The van der Waals surface area contributed by atoms with Gasteiger partial charge in [0.15, 0.2) is 0 Å². The molecule has 178 valence electrons. The zero-order chi connectivity index (χ0) is 25.1. The Morgan fingerprint density at radius 2 is 1.46 bits per heavy atom. The van der Waals surface area contributed by atoms with Gasteiger partial charge in [0, 0.05) is 11.8 Å². The van der Waals surface area contributed by atoms with Crippen LogP contribution in [-0.2, 0) is 9.53 Å². The van der Waals surface area contributed by atoms with E-state index in [4.69, 9.17) is 16.3 Å². The van der Waals surface area contributed by atoms with Crippen molar-refractivity contribution in [2.75, 3.05) is 7.11 Å². The Kier molecular flexibility index (Phi) is 6.98. The van der Waals surface area contributed by atoms with Gasteiger partial charge in [0.2, 0.25) is 0 Å². The van der Waals surface area contributed by atoms with Crippen LogP contribution in [0.3, 0.4) is 0 Å². The monoisotopic (exact) mass is 492 g/mol. The average molecular weight is 493 g/mol. The molecule has 0 fully saturated rings. The lowest BCUT2D eigenvalue weighted by Crippen LogP contribution is -2.45. The Labute approximate surface area is 205 Å². The van der Waals surface area contributed by atoms with Crippen LogP contribution in [-0.4, -0.2) is 22.2 Å². The Morgan fingerprint density at radius 3 is 2.00 bits per heavy atom. The van der Waals surface area contributed by atoms with E-state index < -0.39 is 35.1 Å². The molecule has 0 N–H and O–H groups in total. The predicted molar refractivity (Wildman–Crippen MR) is 132 cm³/mol. The molecule has 1 aromatic heterocycles. The summed E-state index contributed by atoms with van der Waals surface area (Å²) >= 11 is 6.23. The van der Waals surface area contributed by atoms with E-state index in [1.54, 1.807) is 0 Å². The maximum absolute atomic E-state index is 14.3. The SMILES string of the molecule is COC(=O)C(C)n1c(=O)c(-c2cccc(F)c2Cl)cn(C(c2ccccc2)c2ccccc2)c1=O. The minimum atomic E-state index is -1.23. The van der Waals surface area contributed by atoms with Gasteiger partial charge in [-0.3, -0.25) is 9.36 Å². The summed E-state index contributed by atoms with van der Waals surface area (Å²) in [5, 5.41) is -0.261. The van der Waals surface area contributed by atoms with Gasteiger partial charge in [0.05, 0.1) is 23.7 Å². The molecule has 0 spiro atoms. The van der Waals surface area contributed by atoms with Gasteiger partial charge in [-0.05, 0) is 24.1 Å². The molecule has 0 bridgehead atoms. The van der Waals surface area contributed by atoms with E-state index >= 15 is 0 Å². The first-order chi connectivity index (χ1) is 16.8. The summed E-state index contributed by atoms with van der Waals surface area (Å²) in [4.78, 5) is 39.7. The summed E-state index contributed by atoms with van der Waals surface area (Å²) in [6.45, 7) is 1.40. The lowest BCUT2D eigenvalue weighted by molar-refractivity contribution is -0.144. The van der Waals surface area contributed by atoms with Gasteiger partial charge in [-0.15, -0.1) is 0 Å². The molecule has 0 aliphatic heterocycles. The molecule has 3 aromatic carbocycles. The van der Waals surface area contributed by atoms with Crippen molar-refractivity contribution in [1.82, 2.24) is 9.13 Å². The predicted octanol–water partition coefficient (Wildman–Crippen LogP) is 4.84. The van der Waals surface area contributed by atoms with Crippen molar-refractivity contribution >= 4 is 17.6 Å². The van der Waals surface area contributed by atoms with Gasteiger partial charge < -0.3 is 4.74 Å². The van der Waals surface area contributed by atoms with Crippen LogP contribution in [0.25, 0.3) is 11.1 Å². The number of benzene rings is 3. The Balaban J connectivity index is 2.11. The maximum atomic E-state index is 14.3. The topological polar surface area (TPSA) is 70.3 Å². The van der Waals surface area contributed by atoms with Gasteiger partial charge in [-0.25, -0.2) is 18.5 Å². The molecule has 0 amide bonds. The van der Waals surface area contributed by atoms with Crippen LogP contribution in [0.4, 0.5) is 4.39 Å². The van der Waals surface area contributed by atoms with E-state index in [1.165, 1.54) is 43.0 Å². The van der Waals surface area contributed by atoms with E-state index in [0.29, 0.717) is 0 Å². The summed E-state index contributed by atoms with van der Waals surface area (Å²) in [5.74, 6) is -1.48. The quantitative estimate of drug-likeness (QED) is 0.361. The Hall–Kier alpha value is -3.97. The third-order valence-corrected chi connectivity index (χ3v) is 6.21. The summed E-state index contributed by atoms with van der Waals surface area (Å²) in [7, 11) is 1.17. The van der Waals surface area contributed by atoms with Crippen molar-refractivity contribution in [2.24, 2.45) is 0 Å². The summed E-state index contributed by atoms with van der Waals surface area (Å²) < 4.78 is 21.3. The maximum Gasteiger partial charge on any atom is 0.332 e. The molecule has 0 radical (unpaired) electrons. The van der Waals surface area contributed by atoms with Crippen LogP contribution in [0.2, 0.25) is 5.02 Å². The van der Waals surface area contributed by atoms with Gasteiger partial charge >= 0.3 is 11.7 Å². The smallest absolute Gasteiger partial charge is 0.332 e. The first kappa shape index (κ1) is 24.2. The van der Waals surface area contributed by atoms with E-state index in [0.717, 1.165) is 15.7 Å². The molecule has 8 heteroatoms. The molecule has 0 saturated carbocycles. The fraction of sp³-hybridized carbons (Fsp3) is 0.148. The van der Waals surface area contributed by atoms with Crippen LogP contribution in [0, 0.1) is 5.82 Å². The first-order valence-corrected chi connectivity index (χ1v) is 11.2.